The number of halogens is 4. The van der Waals surface area contributed by atoms with Crippen LogP contribution in [0.2, 0.25) is 5.02 Å². The van der Waals surface area contributed by atoms with Crippen LogP contribution in [0, 0.1) is 17.8 Å². The Kier molecular flexibility index (Phi) is 6.66. The molecule has 1 atom stereocenters. The van der Waals surface area contributed by atoms with Gasteiger partial charge in [0.15, 0.2) is 5.54 Å². The quantitative estimate of drug-likeness (QED) is 0.185. The first-order chi connectivity index (χ1) is 19.9. The smallest absolute Gasteiger partial charge is 0.383 e. The monoisotopic (exact) mass is 594 g/mol. The molecule has 1 aliphatic carbocycles. The predicted molar refractivity (Wildman–Crippen MR) is 158 cm³/mol. The Bertz CT molecular complexity index is 1740. The summed E-state index contributed by atoms with van der Waals surface area (Å²) in [5.74, 6) is 2.70. The van der Waals surface area contributed by atoms with Crippen molar-refractivity contribution in [1.29, 1.82) is 0 Å². The lowest BCUT2D eigenvalue weighted by Gasteiger charge is -2.28. The van der Waals surface area contributed by atoms with Gasteiger partial charge < -0.3 is 20.5 Å². The minimum Gasteiger partial charge on any atom is -0.383 e. The molecule has 3 aromatic heterocycles. The van der Waals surface area contributed by atoms with Gasteiger partial charge in [-0.2, -0.15) is 13.2 Å². The van der Waals surface area contributed by atoms with Crippen molar-refractivity contribution in [2.75, 3.05) is 17.2 Å². The number of nitrogens with zero attached hydrogens (tertiary/aromatic N) is 4. The molecular formula is C30H30ClF3N8. The Morgan fingerprint density at radius 1 is 1.19 bits per heavy atom. The molecule has 1 aromatic carbocycles. The summed E-state index contributed by atoms with van der Waals surface area (Å²) in [5, 5.41) is 9.23. The number of nitrogens with one attached hydrogen (secondary N) is 4. The molecule has 1 saturated carbocycles. The predicted octanol–water partition coefficient (Wildman–Crippen LogP) is 6.39. The number of anilines is 2. The fourth-order valence-electron chi connectivity index (χ4n) is 5.10. The summed E-state index contributed by atoms with van der Waals surface area (Å²) in [5.41, 5.74) is 8.34. The minimum atomic E-state index is -4.38. The molecule has 0 radical (unpaired) electrons. The molecule has 1 fully saturated rings. The number of rotatable bonds is 7. The van der Waals surface area contributed by atoms with Crippen LogP contribution >= 0.6 is 11.6 Å². The van der Waals surface area contributed by atoms with Crippen molar-refractivity contribution in [3.05, 3.63) is 77.1 Å². The molecule has 218 valence electrons. The van der Waals surface area contributed by atoms with Crippen LogP contribution in [0.1, 0.15) is 50.8 Å². The molecule has 6 rings (SSSR count). The van der Waals surface area contributed by atoms with Crippen molar-refractivity contribution < 1.29 is 13.2 Å². The van der Waals surface area contributed by atoms with Crippen LogP contribution in [0.15, 0.2) is 60.9 Å². The van der Waals surface area contributed by atoms with E-state index < -0.39 is 17.8 Å². The van der Waals surface area contributed by atoms with Gasteiger partial charge in [-0.05, 0) is 42.0 Å². The van der Waals surface area contributed by atoms with Gasteiger partial charge in [-0.3, -0.25) is 9.99 Å². The van der Waals surface area contributed by atoms with E-state index in [4.69, 9.17) is 18.0 Å². The van der Waals surface area contributed by atoms with E-state index in [1.807, 2.05) is 35.0 Å². The number of fused-ring (bicyclic) bond motifs is 2. The van der Waals surface area contributed by atoms with Crippen molar-refractivity contribution >= 4 is 39.5 Å². The third-order valence-corrected chi connectivity index (χ3v) is 7.83. The van der Waals surface area contributed by atoms with E-state index in [9.17, 15) is 13.2 Å². The summed E-state index contributed by atoms with van der Waals surface area (Å²) in [6.45, 7) is 7.00. The zero-order valence-corrected chi connectivity index (χ0v) is 24.0. The summed E-state index contributed by atoms with van der Waals surface area (Å²) in [6.07, 6.45) is 9.96. The Morgan fingerprint density at radius 3 is 2.67 bits per heavy atom. The summed E-state index contributed by atoms with van der Waals surface area (Å²) >= 11 is 6.74. The molecule has 0 amide bonds. The van der Waals surface area contributed by atoms with Crippen LogP contribution in [-0.4, -0.2) is 37.6 Å². The molecular weight excluding hydrogens is 565 g/mol. The SMILES string of the molecule is C#Cc1cnc2c(Cl)cc(N[C@H](C3=CN(C4(C(F)(F)F)CC4)NN3)c3ccc4nccn4c3)cc2c1NCC(C)(C)C. The summed E-state index contributed by atoms with van der Waals surface area (Å²) in [6, 6.07) is 6.82. The van der Waals surface area contributed by atoms with Gasteiger partial charge in [-0.25, -0.2) is 4.98 Å². The zero-order valence-electron chi connectivity index (χ0n) is 23.3. The highest BCUT2D eigenvalue weighted by Crippen LogP contribution is 2.53. The first kappa shape index (κ1) is 28.0. The van der Waals surface area contributed by atoms with Crippen molar-refractivity contribution in [2.24, 2.45) is 5.41 Å². The second-order valence-corrected chi connectivity index (χ2v) is 12.3. The summed E-state index contributed by atoms with van der Waals surface area (Å²) in [7, 11) is 0. The molecule has 0 bridgehead atoms. The largest absolute Gasteiger partial charge is 0.413 e. The van der Waals surface area contributed by atoms with Gasteiger partial charge in [-0.1, -0.05) is 44.4 Å². The average molecular weight is 595 g/mol. The van der Waals surface area contributed by atoms with Crippen molar-refractivity contribution in [2.45, 2.75) is 51.4 Å². The number of imidazole rings is 1. The van der Waals surface area contributed by atoms with Gasteiger partial charge >= 0.3 is 6.18 Å². The van der Waals surface area contributed by atoms with E-state index in [0.29, 0.717) is 34.0 Å². The van der Waals surface area contributed by atoms with Crippen LogP contribution < -0.4 is 21.6 Å². The Morgan fingerprint density at radius 2 is 1.98 bits per heavy atom. The standard InChI is InChI=1S/C30H30ClF3N8/c1-5-18-14-36-27-21(25(18)37-17-28(2,3)4)12-20(13-22(27)31)38-26(19-6-7-24-35-10-11-41(24)15-19)23-16-42(40-39-23)29(8-9-29)30(32,33)34/h1,6-7,10-16,26,38-40H,8-9,17H2,2-4H3,(H,36,37)/t26-/m0/s1. The maximum absolute atomic E-state index is 13.9. The third-order valence-electron chi connectivity index (χ3n) is 7.54. The van der Waals surface area contributed by atoms with E-state index >= 15 is 0 Å². The first-order valence-electron chi connectivity index (χ1n) is 13.5. The van der Waals surface area contributed by atoms with Gasteiger partial charge in [0.25, 0.3) is 0 Å². The minimum absolute atomic E-state index is 0.0171. The molecule has 12 heteroatoms. The second kappa shape index (κ2) is 10.00. The molecule has 4 aromatic rings. The lowest BCUT2D eigenvalue weighted by atomic mass is 9.96. The van der Waals surface area contributed by atoms with Crippen molar-refractivity contribution in [3.63, 3.8) is 0 Å². The second-order valence-electron chi connectivity index (χ2n) is 11.9. The average Bonchev–Trinajstić information content (AvgIpc) is 3.39. The number of hydrazine groups is 2. The Balaban J connectivity index is 1.43. The molecule has 0 spiro atoms. The number of hydrogen-bond donors (Lipinski definition) is 4. The molecule has 4 N–H and O–H groups in total. The van der Waals surface area contributed by atoms with E-state index in [2.05, 4.69) is 58.3 Å². The molecule has 42 heavy (non-hydrogen) atoms. The highest BCUT2D eigenvalue weighted by atomic mass is 35.5. The number of alkyl halides is 3. The topological polar surface area (TPSA) is 81.6 Å². The zero-order chi connectivity index (χ0) is 29.9. The van der Waals surface area contributed by atoms with E-state index in [1.54, 1.807) is 18.5 Å². The maximum atomic E-state index is 13.9. The van der Waals surface area contributed by atoms with E-state index in [1.165, 1.54) is 6.20 Å². The van der Waals surface area contributed by atoms with Crippen LogP contribution in [-0.2, 0) is 0 Å². The van der Waals surface area contributed by atoms with Crippen molar-refractivity contribution in [1.82, 2.24) is 30.3 Å². The van der Waals surface area contributed by atoms with Crippen molar-refractivity contribution in [3.8, 4) is 12.3 Å². The van der Waals surface area contributed by atoms with Gasteiger partial charge in [0.1, 0.15) is 5.65 Å². The molecule has 4 heterocycles. The normalized spacial score (nSPS) is 17.1. The molecule has 2 aliphatic rings. The molecule has 8 nitrogen and oxygen atoms in total. The number of benzene rings is 1. The van der Waals surface area contributed by atoms with Gasteiger partial charge in [0.2, 0.25) is 0 Å². The van der Waals surface area contributed by atoms with Crippen LogP contribution in [0.25, 0.3) is 16.6 Å². The number of aromatic nitrogens is 3. The lowest BCUT2D eigenvalue weighted by molar-refractivity contribution is -0.195. The summed E-state index contributed by atoms with van der Waals surface area (Å²) in [4.78, 5) is 8.81. The molecule has 0 unspecified atom stereocenters. The van der Waals surface area contributed by atoms with E-state index in [-0.39, 0.29) is 18.3 Å². The number of hydrogen-bond acceptors (Lipinski definition) is 7. The van der Waals surface area contributed by atoms with Gasteiger partial charge in [-0.15, -0.1) is 12.0 Å². The van der Waals surface area contributed by atoms with Crippen LogP contribution in [0.3, 0.4) is 0 Å². The highest BCUT2D eigenvalue weighted by molar-refractivity contribution is 6.35. The third kappa shape index (κ3) is 5.05. The number of terminal acetylenes is 1. The fourth-order valence-corrected chi connectivity index (χ4v) is 5.36. The molecule has 1 aliphatic heterocycles. The number of pyridine rings is 2. The molecule has 0 saturated heterocycles. The summed E-state index contributed by atoms with van der Waals surface area (Å²) < 4.78 is 43.6. The Hall–Kier alpha value is -4.14. The van der Waals surface area contributed by atoms with Gasteiger partial charge in [0, 0.05) is 48.6 Å². The van der Waals surface area contributed by atoms with E-state index in [0.717, 1.165) is 27.3 Å². The van der Waals surface area contributed by atoms with Gasteiger partial charge in [0.05, 0.1) is 33.5 Å². The Labute approximate surface area is 246 Å². The fraction of sp³-hybridized carbons (Fsp3) is 0.333. The maximum Gasteiger partial charge on any atom is 0.413 e. The first-order valence-corrected chi connectivity index (χ1v) is 13.9. The highest BCUT2D eigenvalue weighted by Gasteiger charge is 2.67. The van der Waals surface area contributed by atoms with Crippen LogP contribution in [0.4, 0.5) is 24.5 Å². The lowest BCUT2D eigenvalue weighted by Crippen LogP contribution is -2.52. The van der Waals surface area contributed by atoms with Crippen LogP contribution in [0.5, 0.6) is 0 Å².